The Morgan fingerprint density at radius 3 is 1.81 bits per heavy atom. The summed E-state index contributed by atoms with van der Waals surface area (Å²) in [6.45, 7) is 12.2. The zero-order valence-electron chi connectivity index (χ0n) is 9.83. The molecule has 0 rings (SSSR count). The normalized spacial score (nSPS) is 12.4. The number of carboxylic acids is 1. The molecule has 0 heterocycles. The van der Waals surface area contributed by atoms with Crippen molar-refractivity contribution in [3.63, 3.8) is 0 Å². The Morgan fingerprint density at radius 2 is 1.56 bits per heavy atom. The molecule has 0 spiro atoms. The van der Waals surface area contributed by atoms with E-state index in [0.717, 1.165) is 6.08 Å². The Kier molecular flexibility index (Phi) is 4.69. The fraction of sp³-hybridized carbons (Fsp3) is 0.333. The fourth-order valence-corrected chi connectivity index (χ4v) is 1.05. The highest BCUT2D eigenvalue weighted by Crippen LogP contribution is 2.10. The van der Waals surface area contributed by atoms with Crippen LogP contribution in [0.4, 0.5) is 0 Å². The van der Waals surface area contributed by atoms with Crippen molar-refractivity contribution < 1.29 is 14.7 Å². The van der Waals surface area contributed by atoms with Crippen molar-refractivity contribution in [1.29, 1.82) is 0 Å². The summed E-state index contributed by atoms with van der Waals surface area (Å²) in [6.07, 6.45) is 2.34. The van der Waals surface area contributed by atoms with Gasteiger partial charge in [0.2, 0.25) is 0 Å². The van der Waals surface area contributed by atoms with Crippen molar-refractivity contribution in [2.24, 2.45) is 0 Å². The molecule has 4 heteroatoms. The Balaban J connectivity index is 5.29. The first-order valence-corrected chi connectivity index (χ1v) is 4.78. The molecule has 0 atom stereocenters. The van der Waals surface area contributed by atoms with Gasteiger partial charge in [0, 0.05) is 5.54 Å². The minimum Gasteiger partial charge on any atom is -0.478 e. The number of carbonyl (C=O) groups excluding carboxylic acids is 1. The van der Waals surface area contributed by atoms with E-state index in [4.69, 9.17) is 5.11 Å². The van der Waals surface area contributed by atoms with E-state index in [1.54, 1.807) is 20.8 Å². The largest absolute Gasteiger partial charge is 0.478 e. The third-order valence-corrected chi connectivity index (χ3v) is 1.66. The van der Waals surface area contributed by atoms with E-state index in [1.807, 2.05) is 0 Å². The molecular formula is C12H17NO3. The molecule has 2 N–H and O–H groups in total. The lowest BCUT2D eigenvalue weighted by Crippen LogP contribution is -2.41. The van der Waals surface area contributed by atoms with Gasteiger partial charge >= 0.3 is 5.97 Å². The maximum atomic E-state index is 11.7. The third kappa shape index (κ3) is 4.13. The van der Waals surface area contributed by atoms with Gasteiger partial charge in [-0.1, -0.05) is 25.3 Å². The summed E-state index contributed by atoms with van der Waals surface area (Å²) in [4.78, 5) is 22.6. The molecule has 0 aromatic carbocycles. The first-order valence-electron chi connectivity index (χ1n) is 4.78. The molecule has 0 aliphatic rings. The van der Waals surface area contributed by atoms with Crippen molar-refractivity contribution >= 4 is 11.9 Å². The van der Waals surface area contributed by atoms with Crippen molar-refractivity contribution in [2.75, 3.05) is 0 Å². The fourth-order valence-electron chi connectivity index (χ4n) is 1.05. The molecule has 4 nitrogen and oxygen atoms in total. The van der Waals surface area contributed by atoms with E-state index >= 15 is 0 Å². The second kappa shape index (κ2) is 5.30. The van der Waals surface area contributed by atoms with E-state index in [9.17, 15) is 9.59 Å². The van der Waals surface area contributed by atoms with E-state index in [-0.39, 0.29) is 11.1 Å². The van der Waals surface area contributed by atoms with Crippen LogP contribution in [0.25, 0.3) is 0 Å². The molecule has 16 heavy (non-hydrogen) atoms. The molecule has 0 unspecified atom stereocenters. The molecule has 0 aliphatic heterocycles. The van der Waals surface area contributed by atoms with Crippen LogP contribution in [0.5, 0.6) is 0 Å². The summed E-state index contributed by atoms with van der Waals surface area (Å²) in [5.74, 6) is -1.67. The first kappa shape index (κ1) is 14.2. The monoisotopic (exact) mass is 223 g/mol. The van der Waals surface area contributed by atoms with Gasteiger partial charge in [0.05, 0.1) is 11.1 Å². The molecule has 0 aliphatic carbocycles. The van der Waals surface area contributed by atoms with Gasteiger partial charge in [0.25, 0.3) is 5.91 Å². The molecule has 0 saturated carbocycles. The van der Waals surface area contributed by atoms with Crippen LogP contribution in [0.15, 0.2) is 36.5 Å². The molecule has 0 saturated heterocycles. The number of hydrogen-bond acceptors (Lipinski definition) is 2. The van der Waals surface area contributed by atoms with Gasteiger partial charge < -0.3 is 10.4 Å². The van der Waals surface area contributed by atoms with Gasteiger partial charge in [-0.05, 0) is 20.8 Å². The van der Waals surface area contributed by atoms with Gasteiger partial charge in [-0.25, -0.2) is 4.79 Å². The molecule has 88 valence electrons. The van der Waals surface area contributed by atoms with Gasteiger partial charge in [0.15, 0.2) is 0 Å². The molecule has 0 aromatic rings. The predicted molar refractivity (Wildman–Crippen MR) is 63.0 cm³/mol. The number of aliphatic carboxylic acids is 1. The van der Waals surface area contributed by atoms with Crippen LogP contribution in [0, 0.1) is 0 Å². The SMILES string of the molecule is C=C/C(C(=O)O)=C(\C=C)C(=O)NC(C)(C)C. The number of nitrogens with one attached hydrogen (secondary N) is 1. The maximum Gasteiger partial charge on any atom is 0.336 e. The zero-order chi connectivity index (χ0) is 12.9. The van der Waals surface area contributed by atoms with E-state index in [0.29, 0.717) is 0 Å². The Labute approximate surface area is 95.4 Å². The maximum absolute atomic E-state index is 11.7. The van der Waals surface area contributed by atoms with Crippen molar-refractivity contribution in [2.45, 2.75) is 26.3 Å². The van der Waals surface area contributed by atoms with Crippen LogP contribution < -0.4 is 5.32 Å². The Hall–Kier alpha value is -1.84. The lowest BCUT2D eigenvalue weighted by Gasteiger charge is -2.21. The minimum atomic E-state index is -1.20. The average Bonchev–Trinajstić information content (AvgIpc) is 2.09. The first-order chi connectivity index (χ1) is 7.22. The lowest BCUT2D eigenvalue weighted by atomic mass is 10.0. The summed E-state index contributed by atoms with van der Waals surface area (Å²) < 4.78 is 0. The van der Waals surface area contributed by atoms with Crippen LogP contribution in [0.2, 0.25) is 0 Å². The molecule has 0 fully saturated rings. The van der Waals surface area contributed by atoms with Crippen molar-refractivity contribution in [1.82, 2.24) is 5.32 Å². The second-order valence-corrected chi connectivity index (χ2v) is 4.24. The van der Waals surface area contributed by atoms with Gasteiger partial charge in [-0.3, -0.25) is 4.79 Å². The summed E-state index contributed by atoms with van der Waals surface area (Å²) in [5.41, 5.74) is -0.579. The van der Waals surface area contributed by atoms with Crippen LogP contribution in [0.3, 0.4) is 0 Å². The Morgan fingerprint density at radius 1 is 1.12 bits per heavy atom. The highest BCUT2D eigenvalue weighted by Gasteiger charge is 2.20. The van der Waals surface area contributed by atoms with Gasteiger partial charge in [-0.2, -0.15) is 0 Å². The predicted octanol–water partition coefficient (Wildman–Crippen LogP) is 1.65. The molecule has 0 bridgehead atoms. The molecular weight excluding hydrogens is 206 g/mol. The Bertz CT molecular complexity index is 359. The second-order valence-electron chi connectivity index (χ2n) is 4.24. The van der Waals surface area contributed by atoms with Crippen LogP contribution in [-0.4, -0.2) is 22.5 Å². The minimum absolute atomic E-state index is 0.0115. The van der Waals surface area contributed by atoms with Crippen molar-refractivity contribution in [3.05, 3.63) is 36.5 Å². The van der Waals surface area contributed by atoms with Crippen LogP contribution in [0.1, 0.15) is 20.8 Å². The van der Waals surface area contributed by atoms with Gasteiger partial charge in [-0.15, -0.1) is 0 Å². The molecule has 0 aromatic heterocycles. The number of rotatable bonds is 4. The van der Waals surface area contributed by atoms with E-state index < -0.39 is 17.4 Å². The van der Waals surface area contributed by atoms with Gasteiger partial charge in [0.1, 0.15) is 0 Å². The highest BCUT2D eigenvalue weighted by atomic mass is 16.4. The van der Waals surface area contributed by atoms with E-state index in [1.165, 1.54) is 6.08 Å². The zero-order valence-corrected chi connectivity index (χ0v) is 9.83. The lowest BCUT2D eigenvalue weighted by molar-refractivity contribution is -0.132. The third-order valence-electron chi connectivity index (χ3n) is 1.66. The van der Waals surface area contributed by atoms with Crippen LogP contribution in [-0.2, 0) is 9.59 Å². The smallest absolute Gasteiger partial charge is 0.336 e. The topological polar surface area (TPSA) is 66.4 Å². The highest BCUT2D eigenvalue weighted by molar-refractivity contribution is 6.05. The number of carbonyl (C=O) groups is 2. The quantitative estimate of drug-likeness (QED) is 0.562. The summed E-state index contributed by atoms with van der Waals surface area (Å²) in [5, 5.41) is 11.5. The standard InChI is InChI=1S/C12H17NO3/c1-6-8(9(7-2)11(15)16)10(14)13-12(3,4)5/h6-7H,1-2H2,3-5H3,(H,13,14)(H,15,16)/b9-8-. The number of amides is 1. The van der Waals surface area contributed by atoms with Crippen LogP contribution >= 0.6 is 0 Å². The number of carboxylic acid groups (broad SMARTS) is 1. The molecule has 1 amide bonds. The van der Waals surface area contributed by atoms with E-state index in [2.05, 4.69) is 18.5 Å². The summed E-state index contributed by atoms with van der Waals surface area (Å²) in [6, 6.07) is 0. The molecule has 0 radical (unpaired) electrons. The van der Waals surface area contributed by atoms with Crippen molar-refractivity contribution in [3.8, 4) is 0 Å². The average molecular weight is 223 g/mol. The number of hydrogen-bond donors (Lipinski definition) is 2. The summed E-state index contributed by atoms with van der Waals surface area (Å²) >= 11 is 0. The summed E-state index contributed by atoms with van der Waals surface area (Å²) in [7, 11) is 0.